The van der Waals surface area contributed by atoms with E-state index in [0.717, 1.165) is 0 Å². The number of hydrogen-bond donors (Lipinski definition) is 2. The van der Waals surface area contributed by atoms with E-state index in [1.165, 1.54) is 0 Å². The van der Waals surface area contributed by atoms with Gasteiger partial charge >= 0.3 is 12.1 Å². The van der Waals surface area contributed by atoms with Crippen molar-refractivity contribution in [3.8, 4) is 0 Å². The third-order valence-electron chi connectivity index (χ3n) is 2.57. The van der Waals surface area contributed by atoms with Gasteiger partial charge in [0.1, 0.15) is 12.6 Å². The Morgan fingerprint density at radius 3 is 2.50 bits per heavy atom. The molecule has 0 heterocycles. The lowest BCUT2D eigenvalue weighted by molar-refractivity contribution is -0.173. The average molecular weight is 271 g/mol. The summed E-state index contributed by atoms with van der Waals surface area (Å²) in [4.78, 5) is 10.9. The van der Waals surface area contributed by atoms with Crippen LogP contribution in [0.1, 0.15) is 26.7 Å². The van der Waals surface area contributed by atoms with Crippen LogP contribution in [0.4, 0.5) is 13.2 Å². The second-order valence-corrected chi connectivity index (χ2v) is 4.18. The molecule has 0 aromatic rings. The van der Waals surface area contributed by atoms with Crippen LogP contribution in [-0.2, 0) is 9.53 Å². The number of ether oxygens (including phenoxy) is 1. The van der Waals surface area contributed by atoms with Crippen LogP contribution in [0, 0.1) is 5.92 Å². The third kappa shape index (κ3) is 8.30. The molecule has 18 heavy (non-hydrogen) atoms. The number of nitrogens with one attached hydrogen (secondary N) is 1. The van der Waals surface area contributed by atoms with E-state index in [0.29, 0.717) is 19.4 Å². The highest BCUT2D eigenvalue weighted by Gasteiger charge is 2.27. The monoisotopic (exact) mass is 271 g/mol. The number of carboxylic acid groups (broad SMARTS) is 1. The molecule has 4 nitrogen and oxygen atoms in total. The van der Waals surface area contributed by atoms with E-state index >= 15 is 0 Å². The Labute approximate surface area is 105 Å². The minimum Gasteiger partial charge on any atom is -0.480 e. The van der Waals surface area contributed by atoms with Gasteiger partial charge in [-0.05, 0) is 18.9 Å². The van der Waals surface area contributed by atoms with E-state index in [1.54, 1.807) is 0 Å². The minimum absolute atomic E-state index is 0.0291. The van der Waals surface area contributed by atoms with E-state index in [-0.39, 0.29) is 12.5 Å². The molecule has 0 aromatic heterocycles. The van der Waals surface area contributed by atoms with E-state index in [1.807, 2.05) is 13.8 Å². The molecule has 0 aliphatic heterocycles. The predicted molar refractivity (Wildman–Crippen MR) is 60.4 cm³/mol. The maximum atomic E-state index is 11.7. The van der Waals surface area contributed by atoms with Gasteiger partial charge in [-0.25, -0.2) is 0 Å². The number of carbonyl (C=O) groups is 1. The van der Waals surface area contributed by atoms with Gasteiger partial charge in [-0.3, -0.25) is 4.79 Å². The zero-order chi connectivity index (χ0) is 14.2. The Bertz CT molecular complexity index is 246. The van der Waals surface area contributed by atoms with Crippen LogP contribution in [0.15, 0.2) is 0 Å². The van der Waals surface area contributed by atoms with Gasteiger partial charge < -0.3 is 15.2 Å². The molecule has 0 rings (SSSR count). The number of aliphatic carboxylic acids is 1. The number of carboxylic acids is 1. The van der Waals surface area contributed by atoms with Crippen LogP contribution in [0.3, 0.4) is 0 Å². The Balaban J connectivity index is 3.72. The molecule has 0 bridgehead atoms. The van der Waals surface area contributed by atoms with Gasteiger partial charge in [0.25, 0.3) is 0 Å². The smallest absolute Gasteiger partial charge is 0.411 e. The van der Waals surface area contributed by atoms with Gasteiger partial charge in [0.15, 0.2) is 0 Å². The summed E-state index contributed by atoms with van der Waals surface area (Å²) in [6, 6.07) is -0.669. The van der Waals surface area contributed by atoms with E-state index in [2.05, 4.69) is 10.1 Å². The van der Waals surface area contributed by atoms with Gasteiger partial charge in [-0.15, -0.1) is 0 Å². The zero-order valence-corrected chi connectivity index (χ0v) is 10.6. The summed E-state index contributed by atoms with van der Waals surface area (Å²) in [7, 11) is 0. The minimum atomic E-state index is -4.31. The second kappa shape index (κ2) is 8.31. The summed E-state index contributed by atoms with van der Waals surface area (Å²) < 4.78 is 39.6. The Morgan fingerprint density at radius 2 is 2.06 bits per heavy atom. The highest BCUT2D eigenvalue weighted by molar-refractivity contribution is 5.73. The fourth-order valence-corrected chi connectivity index (χ4v) is 1.39. The van der Waals surface area contributed by atoms with Gasteiger partial charge in [0.05, 0.1) is 0 Å². The first-order valence-corrected chi connectivity index (χ1v) is 5.88. The molecule has 2 atom stereocenters. The Kier molecular flexibility index (Phi) is 7.93. The number of alkyl halides is 3. The van der Waals surface area contributed by atoms with Crippen LogP contribution in [0.25, 0.3) is 0 Å². The highest BCUT2D eigenvalue weighted by Crippen LogP contribution is 2.14. The topological polar surface area (TPSA) is 58.6 Å². The molecule has 0 amide bonds. The summed E-state index contributed by atoms with van der Waals surface area (Å²) in [6.45, 7) is 2.71. The lowest BCUT2D eigenvalue weighted by Crippen LogP contribution is -2.42. The van der Waals surface area contributed by atoms with Gasteiger partial charge in [0.2, 0.25) is 0 Å². The van der Waals surface area contributed by atoms with Crippen molar-refractivity contribution < 1.29 is 27.8 Å². The second-order valence-electron chi connectivity index (χ2n) is 4.18. The first-order valence-electron chi connectivity index (χ1n) is 5.88. The largest absolute Gasteiger partial charge is 0.480 e. The summed E-state index contributed by atoms with van der Waals surface area (Å²) in [5.74, 6) is -0.973. The maximum absolute atomic E-state index is 11.7. The first-order chi connectivity index (χ1) is 8.28. The van der Waals surface area contributed by atoms with Crippen molar-refractivity contribution in [1.82, 2.24) is 5.32 Å². The molecular weight excluding hydrogens is 251 g/mol. The Morgan fingerprint density at radius 1 is 1.44 bits per heavy atom. The fraction of sp³-hybridized carbons (Fsp3) is 0.909. The molecule has 2 N–H and O–H groups in total. The molecule has 0 aliphatic carbocycles. The number of hydrogen-bond acceptors (Lipinski definition) is 3. The molecule has 108 valence electrons. The molecule has 0 fully saturated rings. The lowest BCUT2D eigenvalue weighted by Gasteiger charge is -2.20. The molecule has 0 unspecified atom stereocenters. The molecule has 0 radical (unpaired) electrons. The number of rotatable bonds is 9. The fourth-order valence-electron chi connectivity index (χ4n) is 1.39. The van der Waals surface area contributed by atoms with Crippen molar-refractivity contribution in [1.29, 1.82) is 0 Å². The summed E-state index contributed by atoms with van der Waals surface area (Å²) in [5.41, 5.74) is 0. The van der Waals surface area contributed by atoms with Gasteiger partial charge in [-0.1, -0.05) is 20.3 Å². The summed E-state index contributed by atoms with van der Waals surface area (Å²) in [5, 5.41) is 11.7. The average Bonchev–Trinajstić information content (AvgIpc) is 2.25. The van der Waals surface area contributed by atoms with Crippen molar-refractivity contribution in [2.75, 3.05) is 19.8 Å². The SMILES string of the molecule is CC[C@H](C)[C@H](NCCCOCC(F)(F)F)C(=O)O. The normalized spacial score (nSPS) is 15.4. The molecule has 0 aliphatic rings. The lowest BCUT2D eigenvalue weighted by atomic mass is 9.99. The van der Waals surface area contributed by atoms with Crippen molar-refractivity contribution in [2.24, 2.45) is 5.92 Å². The predicted octanol–water partition coefficient (Wildman–Crippen LogP) is 2.04. The van der Waals surface area contributed by atoms with Crippen molar-refractivity contribution in [3.63, 3.8) is 0 Å². The van der Waals surface area contributed by atoms with E-state index < -0.39 is 24.8 Å². The van der Waals surface area contributed by atoms with Crippen LogP contribution >= 0.6 is 0 Å². The highest BCUT2D eigenvalue weighted by atomic mass is 19.4. The van der Waals surface area contributed by atoms with Crippen molar-refractivity contribution in [2.45, 2.75) is 38.9 Å². The molecule has 0 saturated carbocycles. The first kappa shape index (κ1) is 17.2. The van der Waals surface area contributed by atoms with Gasteiger partial charge in [0, 0.05) is 6.61 Å². The quantitative estimate of drug-likeness (QED) is 0.630. The van der Waals surface area contributed by atoms with Gasteiger partial charge in [-0.2, -0.15) is 13.2 Å². The maximum Gasteiger partial charge on any atom is 0.411 e. The van der Waals surface area contributed by atoms with E-state index in [9.17, 15) is 18.0 Å². The molecule has 7 heteroatoms. The molecule has 0 saturated heterocycles. The summed E-state index contributed by atoms with van der Waals surface area (Å²) in [6.07, 6.45) is -3.25. The number of halogens is 3. The van der Waals surface area contributed by atoms with Crippen LogP contribution in [0.2, 0.25) is 0 Å². The van der Waals surface area contributed by atoms with Crippen molar-refractivity contribution >= 4 is 5.97 Å². The Hall–Kier alpha value is -0.820. The van der Waals surface area contributed by atoms with Crippen LogP contribution in [-0.4, -0.2) is 43.1 Å². The van der Waals surface area contributed by atoms with Crippen LogP contribution in [0.5, 0.6) is 0 Å². The molecular formula is C11H20F3NO3. The van der Waals surface area contributed by atoms with Crippen molar-refractivity contribution in [3.05, 3.63) is 0 Å². The summed E-state index contributed by atoms with van der Waals surface area (Å²) >= 11 is 0. The molecule has 0 aromatic carbocycles. The van der Waals surface area contributed by atoms with Crippen LogP contribution < -0.4 is 5.32 Å². The van der Waals surface area contributed by atoms with E-state index in [4.69, 9.17) is 5.11 Å². The zero-order valence-electron chi connectivity index (χ0n) is 10.6. The standard InChI is InChI=1S/C11H20F3NO3/c1-3-8(2)9(10(16)17)15-5-4-6-18-7-11(12,13)14/h8-9,15H,3-7H2,1-2H3,(H,16,17)/t8-,9-/m0/s1. The molecule has 0 spiro atoms. The third-order valence-corrected chi connectivity index (χ3v) is 2.57.